The first-order valence-corrected chi connectivity index (χ1v) is 11.9. The second kappa shape index (κ2) is 10.6. The fourth-order valence-electron chi connectivity index (χ4n) is 3.89. The number of para-hydroxylation sites is 1. The summed E-state index contributed by atoms with van der Waals surface area (Å²) in [5, 5.41) is 10.3. The van der Waals surface area contributed by atoms with Crippen LogP contribution in [0.25, 0.3) is 16.7 Å². The number of benzene rings is 2. The van der Waals surface area contributed by atoms with E-state index >= 15 is 0 Å². The molecule has 188 valence electrons. The number of aryl methyl sites for hydroxylation is 2. The molecule has 0 saturated heterocycles. The molecule has 0 fully saturated rings. The Bertz CT molecular complexity index is 1530. The largest absolute Gasteiger partial charge is 0.356 e. The van der Waals surface area contributed by atoms with E-state index in [1.807, 2.05) is 45.0 Å². The molecule has 10 nitrogen and oxygen atoms in total. The van der Waals surface area contributed by atoms with Crippen LogP contribution in [0.4, 0.5) is 0 Å². The number of aromatic nitrogens is 4. The van der Waals surface area contributed by atoms with Crippen molar-refractivity contribution in [1.29, 1.82) is 0 Å². The maximum atomic E-state index is 13.3. The van der Waals surface area contributed by atoms with E-state index in [1.54, 1.807) is 24.3 Å². The lowest BCUT2D eigenvalue weighted by Gasteiger charge is -2.10. The number of carbonyl (C=O) groups is 2. The van der Waals surface area contributed by atoms with E-state index < -0.39 is 5.69 Å². The average molecular weight is 491 g/mol. The van der Waals surface area contributed by atoms with E-state index in [-0.39, 0.29) is 42.7 Å². The zero-order chi connectivity index (χ0) is 25.8. The summed E-state index contributed by atoms with van der Waals surface area (Å²) in [7, 11) is 0. The molecule has 10 heteroatoms. The maximum Gasteiger partial charge on any atom is 0.352 e. The highest BCUT2D eigenvalue weighted by Crippen LogP contribution is 2.11. The van der Waals surface area contributed by atoms with E-state index in [0.29, 0.717) is 29.9 Å². The summed E-state index contributed by atoms with van der Waals surface area (Å²) in [6, 6.07) is 14.5. The zero-order valence-electron chi connectivity index (χ0n) is 20.7. The number of nitrogens with zero attached hydrogens (tertiary/aromatic N) is 4. The smallest absolute Gasteiger partial charge is 0.352 e. The first-order valence-electron chi connectivity index (χ1n) is 11.9. The minimum atomic E-state index is -0.537. The van der Waals surface area contributed by atoms with Crippen LogP contribution in [0.2, 0.25) is 0 Å². The summed E-state index contributed by atoms with van der Waals surface area (Å²) >= 11 is 0. The van der Waals surface area contributed by atoms with Crippen molar-refractivity contribution in [3.63, 3.8) is 0 Å². The summed E-state index contributed by atoms with van der Waals surface area (Å²) in [6.07, 6.45) is 0.0543. The Morgan fingerprint density at radius 3 is 2.42 bits per heavy atom. The highest BCUT2D eigenvalue weighted by Gasteiger charge is 2.19. The van der Waals surface area contributed by atoms with Gasteiger partial charge in [0.15, 0.2) is 0 Å². The maximum absolute atomic E-state index is 13.3. The Labute approximate surface area is 207 Å². The van der Waals surface area contributed by atoms with E-state index in [9.17, 15) is 19.2 Å². The third kappa shape index (κ3) is 5.37. The molecule has 0 saturated carbocycles. The van der Waals surface area contributed by atoms with Crippen molar-refractivity contribution in [3.05, 3.63) is 80.5 Å². The third-order valence-corrected chi connectivity index (χ3v) is 5.86. The van der Waals surface area contributed by atoms with Gasteiger partial charge in [-0.25, -0.2) is 13.9 Å². The van der Waals surface area contributed by atoms with Crippen LogP contribution in [0.5, 0.6) is 0 Å². The molecule has 2 aromatic heterocycles. The lowest BCUT2D eigenvalue weighted by molar-refractivity contribution is -0.122. The van der Waals surface area contributed by atoms with Crippen LogP contribution >= 0.6 is 0 Å². The topological polar surface area (TPSA) is 120 Å². The Morgan fingerprint density at radius 2 is 1.69 bits per heavy atom. The molecule has 0 radical (unpaired) electrons. The van der Waals surface area contributed by atoms with Crippen LogP contribution in [0.3, 0.4) is 0 Å². The fourth-order valence-corrected chi connectivity index (χ4v) is 3.89. The molecule has 0 aliphatic carbocycles. The Morgan fingerprint density at radius 1 is 0.972 bits per heavy atom. The van der Waals surface area contributed by atoms with Gasteiger partial charge in [0.05, 0.1) is 10.9 Å². The SMILES string of the molecule is Cc1ccc(CNC(=O)Cn2nc3n(CCC(=O)NCC(C)C)c(=O)c4ccccc4n3c2=O)cc1. The van der Waals surface area contributed by atoms with Crippen LogP contribution in [-0.4, -0.2) is 37.1 Å². The van der Waals surface area contributed by atoms with E-state index in [1.165, 1.54) is 8.97 Å². The van der Waals surface area contributed by atoms with Crippen molar-refractivity contribution in [2.24, 2.45) is 5.92 Å². The van der Waals surface area contributed by atoms with Gasteiger partial charge in [0.25, 0.3) is 5.56 Å². The fraction of sp³-hybridized carbons (Fsp3) is 0.346. The van der Waals surface area contributed by atoms with Gasteiger partial charge >= 0.3 is 5.69 Å². The van der Waals surface area contributed by atoms with E-state index in [2.05, 4.69) is 15.7 Å². The highest BCUT2D eigenvalue weighted by molar-refractivity contribution is 5.80. The molecular weight excluding hydrogens is 460 g/mol. The van der Waals surface area contributed by atoms with Crippen LogP contribution in [0.1, 0.15) is 31.4 Å². The Hall–Kier alpha value is -4.21. The molecular formula is C26H30N6O4. The van der Waals surface area contributed by atoms with Crippen molar-refractivity contribution < 1.29 is 9.59 Å². The molecule has 4 rings (SSSR count). The standard InChI is InChI=1S/C26H30N6O4/c1-17(2)14-27-22(33)12-13-30-24(35)20-6-4-5-7-21(20)32-25(30)29-31(26(32)36)16-23(34)28-15-19-10-8-18(3)9-11-19/h4-11,17H,12-16H2,1-3H3,(H,27,33)(H,28,34). The molecule has 0 unspecified atom stereocenters. The summed E-state index contributed by atoms with van der Waals surface area (Å²) in [4.78, 5) is 51.4. The first-order chi connectivity index (χ1) is 17.2. The van der Waals surface area contributed by atoms with Crippen LogP contribution < -0.4 is 21.9 Å². The van der Waals surface area contributed by atoms with Gasteiger partial charge in [-0.15, -0.1) is 5.10 Å². The van der Waals surface area contributed by atoms with Crippen molar-refractivity contribution >= 4 is 28.5 Å². The molecule has 2 N–H and O–H groups in total. The molecule has 2 aromatic carbocycles. The summed E-state index contributed by atoms with van der Waals surface area (Å²) in [5.41, 5.74) is 1.57. The molecule has 4 aromatic rings. The highest BCUT2D eigenvalue weighted by atomic mass is 16.2. The molecule has 0 bridgehead atoms. The first kappa shape index (κ1) is 24.9. The van der Waals surface area contributed by atoms with Gasteiger partial charge < -0.3 is 10.6 Å². The van der Waals surface area contributed by atoms with Gasteiger partial charge in [-0.05, 0) is 30.5 Å². The van der Waals surface area contributed by atoms with Gasteiger partial charge in [0.2, 0.25) is 17.6 Å². The summed E-state index contributed by atoms with van der Waals surface area (Å²) in [6.45, 7) is 6.57. The normalized spacial score (nSPS) is 11.3. The van der Waals surface area contributed by atoms with Crippen molar-refractivity contribution in [1.82, 2.24) is 29.4 Å². The summed E-state index contributed by atoms with van der Waals surface area (Å²) < 4.78 is 3.68. The number of hydrogen-bond donors (Lipinski definition) is 2. The van der Waals surface area contributed by atoms with Gasteiger partial charge in [-0.3, -0.25) is 19.0 Å². The van der Waals surface area contributed by atoms with Crippen molar-refractivity contribution in [2.75, 3.05) is 6.54 Å². The van der Waals surface area contributed by atoms with Crippen molar-refractivity contribution in [2.45, 2.75) is 46.8 Å². The van der Waals surface area contributed by atoms with E-state index in [0.717, 1.165) is 15.8 Å². The second-order valence-corrected chi connectivity index (χ2v) is 9.26. The zero-order valence-corrected chi connectivity index (χ0v) is 20.7. The van der Waals surface area contributed by atoms with Gasteiger partial charge in [0.1, 0.15) is 6.54 Å². The van der Waals surface area contributed by atoms with Crippen LogP contribution in [0.15, 0.2) is 58.1 Å². The Balaban J connectivity index is 1.63. The van der Waals surface area contributed by atoms with Gasteiger partial charge in [0, 0.05) is 26.1 Å². The monoisotopic (exact) mass is 490 g/mol. The van der Waals surface area contributed by atoms with Crippen LogP contribution in [-0.2, 0) is 29.2 Å². The number of fused-ring (bicyclic) bond motifs is 3. The number of carbonyl (C=O) groups excluding carboxylic acids is 2. The second-order valence-electron chi connectivity index (χ2n) is 9.26. The Kier molecular flexibility index (Phi) is 7.33. The molecule has 2 heterocycles. The van der Waals surface area contributed by atoms with Gasteiger partial charge in [-0.2, -0.15) is 0 Å². The predicted molar refractivity (Wildman–Crippen MR) is 137 cm³/mol. The number of rotatable bonds is 9. The third-order valence-electron chi connectivity index (χ3n) is 5.86. The molecule has 0 spiro atoms. The molecule has 36 heavy (non-hydrogen) atoms. The molecule has 2 amide bonds. The number of nitrogens with one attached hydrogen (secondary N) is 2. The lowest BCUT2D eigenvalue weighted by Crippen LogP contribution is -2.32. The quantitative estimate of drug-likeness (QED) is 0.369. The van der Waals surface area contributed by atoms with Crippen LogP contribution in [0, 0.1) is 12.8 Å². The summed E-state index contributed by atoms with van der Waals surface area (Å²) in [5.74, 6) is -0.186. The number of hydrogen-bond acceptors (Lipinski definition) is 5. The van der Waals surface area contributed by atoms with Gasteiger partial charge in [-0.1, -0.05) is 55.8 Å². The lowest BCUT2D eigenvalue weighted by atomic mass is 10.1. The minimum Gasteiger partial charge on any atom is -0.356 e. The average Bonchev–Trinajstić information content (AvgIpc) is 3.17. The minimum absolute atomic E-state index is 0.0488. The van der Waals surface area contributed by atoms with Crippen molar-refractivity contribution in [3.8, 4) is 0 Å². The molecule has 0 aliphatic heterocycles. The van der Waals surface area contributed by atoms with E-state index in [4.69, 9.17) is 0 Å². The molecule has 0 aliphatic rings. The number of amides is 2. The molecule has 0 atom stereocenters. The predicted octanol–water partition coefficient (Wildman–Crippen LogP) is 1.60.